The fourth-order valence-electron chi connectivity index (χ4n) is 5.67. The van der Waals surface area contributed by atoms with Crippen molar-refractivity contribution < 1.29 is 38.2 Å². The molecule has 0 unspecified atom stereocenters. The number of aromatic nitrogens is 1. The number of alkyl carbamates (subject to hydrolysis) is 1. The third kappa shape index (κ3) is 7.06. The molecule has 2 aromatic rings. The number of oxazole rings is 1. The van der Waals surface area contributed by atoms with Gasteiger partial charge in [-0.1, -0.05) is 36.6 Å². The van der Waals surface area contributed by atoms with Crippen molar-refractivity contribution in [3.63, 3.8) is 0 Å². The van der Waals surface area contributed by atoms with Crippen molar-refractivity contribution in [1.82, 2.24) is 20.5 Å². The third-order valence-corrected chi connectivity index (χ3v) is 8.15. The molecule has 5 rings (SSSR count). The molecule has 1 aliphatic carbocycles. The number of aliphatic carboxylic acids is 1. The Morgan fingerprint density at radius 3 is 2.77 bits per heavy atom. The van der Waals surface area contributed by atoms with E-state index in [1.165, 1.54) is 4.90 Å². The molecule has 3 aliphatic rings. The normalized spacial score (nSPS) is 28.2. The summed E-state index contributed by atoms with van der Waals surface area (Å²) in [5.74, 6) is -2.55. The van der Waals surface area contributed by atoms with Crippen LogP contribution < -0.4 is 15.4 Å². The number of carboxylic acid groups (broad SMARTS) is 1. The van der Waals surface area contributed by atoms with Crippen LogP contribution in [0.2, 0.25) is 5.02 Å². The number of benzene rings is 1. The summed E-state index contributed by atoms with van der Waals surface area (Å²) in [6.45, 7) is 5.17. The molecule has 3 amide bonds. The topological polar surface area (TPSA) is 160 Å². The SMILES string of the molecule is CC(C)(C)OC(=O)N[C@H]1CCCCCC=C[C@@H]2C[C@@]2(C(=O)O)NC(=O)[C@@H]2C[C@@H](Oc3nc4ccc(Cl)cc4o3)CN2C1=O. The first-order valence-electron chi connectivity index (χ1n) is 14.6. The Hall–Kier alpha value is -3.80. The van der Waals surface area contributed by atoms with Crippen LogP contribution >= 0.6 is 11.6 Å². The van der Waals surface area contributed by atoms with Gasteiger partial charge < -0.3 is 34.5 Å². The van der Waals surface area contributed by atoms with E-state index in [4.69, 9.17) is 25.5 Å². The number of allylic oxidation sites excluding steroid dienone is 1. The van der Waals surface area contributed by atoms with Crippen LogP contribution in [0.4, 0.5) is 4.79 Å². The molecule has 1 aromatic carbocycles. The lowest BCUT2D eigenvalue weighted by Gasteiger charge is -2.30. The summed E-state index contributed by atoms with van der Waals surface area (Å²) in [7, 11) is 0. The largest absolute Gasteiger partial charge is 0.479 e. The average Bonchev–Trinajstić information content (AvgIpc) is 3.23. The lowest BCUT2D eigenvalue weighted by molar-refractivity contribution is -0.145. The summed E-state index contributed by atoms with van der Waals surface area (Å²) >= 11 is 6.05. The lowest BCUT2D eigenvalue weighted by Crippen LogP contribution is -2.56. The van der Waals surface area contributed by atoms with Crippen LogP contribution in [-0.4, -0.2) is 74.7 Å². The summed E-state index contributed by atoms with van der Waals surface area (Å²) in [6.07, 6.45) is 6.01. The molecular weight excluding hydrogens is 580 g/mol. The fourth-order valence-corrected chi connectivity index (χ4v) is 5.83. The molecule has 0 radical (unpaired) electrons. The first kappa shape index (κ1) is 30.7. The zero-order valence-electron chi connectivity index (χ0n) is 24.4. The van der Waals surface area contributed by atoms with Gasteiger partial charge in [0.2, 0.25) is 11.8 Å². The standard InChI is InChI=1S/C30H37ClN4O8/c1-29(2,3)43-27(40)32-21-10-8-6-4-5-7-9-17-15-30(17,26(38)39)34-24(36)22-14-19(16-35(22)25(21)37)41-28-33-20-12-11-18(31)13-23(20)42-28/h7,9,11-13,17,19,21-22H,4-6,8,10,14-16H2,1-3H3,(H,32,40)(H,34,36)(H,38,39)/t17-,19-,21+,22+,30-/m1/s1. The number of halogens is 1. The van der Waals surface area contributed by atoms with Crippen molar-refractivity contribution in [2.24, 2.45) is 5.92 Å². The van der Waals surface area contributed by atoms with Gasteiger partial charge in [-0.15, -0.1) is 0 Å². The first-order valence-corrected chi connectivity index (χ1v) is 15.0. The molecule has 43 heavy (non-hydrogen) atoms. The molecular formula is C30H37ClN4O8. The number of nitrogens with zero attached hydrogens (tertiary/aromatic N) is 2. The summed E-state index contributed by atoms with van der Waals surface area (Å²) in [5, 5.41) is 15.9. The maximum atomic E-state index is 14.0. The van der Waals surface area contributed by atoms with Crippen molar-refractivity contribution in [1.29, 1.82) is 0 Å². The zero-order valence-corrected chi connectivity index (χ0v) is 25.2. The third-order valence-electron chi connectivity index (χ3n) is 7.91. The minimum absolute atomic E-state index is 0.00764. The number of rotatable bonds is 4. The molecule has 1 saturated heterocycles. The van der Waals surface area contributed by atoms with Gasteiger partial charge in [-0.3, -0.25) is 9.59 Å². The van der Waals surface area contributed by atoms with Gasteiger partial charge >= 0.3 is 18.1 Å². The van der Waals surface area contributed by atoms with Crippen LogP contribution in [-0.2, 0) is 19.1 Å². The minimum atomic E-state index is -1.44. The van der Waals surface area contributed by atoms with Gasteiger partial charge in [0, 0.05) is 23.4 Å². The van der Waals surface area contributed by atoms with E-state index < -0.39 is 53.2 Å². The number of nitrogens with one attached hydrogen (secondary N) is 2. The average molecular weight is 617 g/mol. The lowest BCUT2D eigenvalue weighted by atomic mass is 10.0. The highest BCUT2D eigenvalue weighted by Crippen LogP contribution is 2.45. The molecule has 13 heteroatoms. The number of carbonyl (C=O) groups excluding carboxylic acids is 3. The van der Waals surface area contributed by atoms with E-state index in [2.05, 4.69) is 15.6 Å². The predicted octanol–water partition coefficient (Wildman–Crippen LogP) is 4.20. The second-order valence-electron chi connectivity index (χ2n) is 12.4. The number of carbonyl (C=O) groups is 4. The molecule has 3 heterocycles. The number of ether oxygens (including phenoxy) is 2. The van der Waals surface area contributed by atoms with Gasteiger partial charge in [0.25, 0.3) is 0 Å². The Bertz CT molecular complexity index is 1430. The summed E-state index contributed by atoms with van der Waals surface area (Å²) in [5.41, 5.74) is -1.26. The molecule has 5 atom stereocenters. The minimum Gasteiger partial charge on any atom is -0.479 e. The Labute approximate surface area is 254 Å². The molecule has 1 aromatic heterocycles. The summed E-state index contributed by atoms with van der Waals surface area (Å²) < 4.78 is 17.1. The van der Waals surface area contributed by atoms with Gasteiger partial charge in [0.05, 0.1) is 6.54 Å². The maximum Gasteiger partial charge on any atom is 0.408 e. The van der Waals surface area contributed by atoms with Crippen molar-refractivity contribution in [3.05, 3.63) is 35.4 Å². The summed E-state index contributed by atoms with van der Waals surface area (Å²) in [4.78, 5) is 58.4. The van der Waals surface area contributed by atoms with E-state index in [0.29, 0.717) is 29.0 Å². The van der Waals surface area contributed by atoms with Crippen molar-refractivity contribution >= 4 is 46.6 Å². The Kier molecular flexibility index (Phi) is 8.60. The maximum absolute atomic E-state index is 14.0. The fraction of sp³-hybridized carbons (Fsp3) is 0.567. The van der Waals surface area contributed by atoms with Gasteiger partial charge in [-0.05, 0) is 58.6 Å². The van der Waals surface area contributed by atoms with Crippen LogP contribution in [0.25, 0.3) is 11.1 Å². The number of amides is 3. The summed E-state index contributed by atoms with van der Waals surface area (Å²) in [6, 6.07) is 2.94. The predicted molar refractivity (Wildman–Crippen MR) is 156 cm³/mol. The van der Waals surface area contributed by atoms with Crippen molar-refractivity contribution in [3.8, 4) is 6.08 Å². The van der Waals surface area contributed by atoms with Crippen LogP contribution in [0.1, 0.15) is 65.7 Å². The zero-order chi connectivity index (χ0) is 30.9. The molecule has 0 spiro atoms. The molecule has 0 bridgehead atoms. The van der Waals surface area contributed by atoms with Crippen molar-refractivity contribution in [2.45, 2.75) is 95.0 Å². The molecule has 2 aliphatic heterocycles. The number of hydrogen-bond donors (Lipinski definition) is 3. The van der Waals surface area contributed by atoms with Crippen LogP contribution in [0.3, 0.4) is 0 Å². The molecule has 12 nitrogen and oxygen atoms in total. The second-order valence-corrected chi connectivity index (χ2v) is 12.9. The highest BCUT2D eigenvalue weighted by atomic mass is 35.5. The Morgan fingerprint density at radius 1 is 1.23 bits per heavy atom. The molecule has 3 N–H and O–H groups in total. The van der Waals surface area contributed by atoms with Gasteiger partial charge in [0.15, 0.2) is 5.58 Å². The van der Waals surface area contributed by atoms with E-state index in [0.717, 1.165) is 19.3 Å². The number of hydrogen-bond acceptors (Lipinski definition) is 8. The quantitative estimate of drug-likeness (QED) is 0.428. The van der Waals surface area contributed by atoms with Crippen LogP contribution in [0.15, 0.2) is 34.8 Å². The number of carboxylic acids is 1. The second kappa shape index (κ2) is 12.1. The van der Waals surface area contributed by atoms with Crippen molar-refractivity contribution in [2.75, 3.05) is 6.54 Å². The van der Waals surface area contributed by atoms with Crippen LogP contribution in [0.5, 0.6) is 6.08 Å². The van der Waals surface area contributed by atoms with Crippen LogP contribution in [0, 0.1) is 5.92 Å². The monoisotopic (exact) mass is 616 g/mol. The Morgan fingerprint density at radius 2 is 2.02 bits per heavy atom. The Balaban J connectivity index is 1.42. The van der Waals surface area contributed by atoms with Gasteiger partial charge in [-0.2, -0.15) is 4.98 Å². The highest BCUT2D eigenvalue weighted by molar-refractivity contribution is 6.31. The molecule has 1 saturated carbocycles. The van der Waals surface area contributed by atoms with E-state index in [-0.39, 0.29) is 31.4 Å². The van der Waals surface area contributed by atoms with E-state index in [9.17, 15) is 24.3 Å². The molecule has 2 fully saturated rings. The first-order chi connectivity index (χ1) is 20.3. The number of fused-ring (bicyclic) bond motifs is 3. The van der Waals surface area contributed by atoms with E-state index in [1.807, 2.05) is 12.2 Å². The van der Waals surface area contributed by atoms with E-state index in [1.54, 1.807) is 39.0 Å². The van der Waals surface area contributed by atoms with Gasteiger partial charge in [-0.25, -0.2) is 9.59 Å². The highest BCUT2D eigenvalue weighted by Gasteiger charge is 2.61. The van der Waals surface area contributed by atoms with E-state index >= 15 is 0 Å². The smallest absolute Gasteiger partial charge is 0.408 e. The molecule has 232 valence electrons. The van der Waals surface area contributed by atoms with Gasteiger partial charge in [0.1, 0.15) is 34.8 Å².